The fourth-order valence-electron chi connectivity index (χ4n) is 3.31. The van der Waals surface area contributed by atoms with Crippen molar-refractivity contribution in [3.05, 3.63) is 29.8 Å². The largest absolute Gasteiger partial charge is 0.508 e. The van der Waals surface area contributed by atoms with E-state index in [9.17, 15) is 29.1 Å². The second kappa shape index (κ2) is 13.3. The lowest BCUT2D eigenvalue weighted by atomic mass is 9.99. The molecule has 0 saturated heterocycles. The van der Waals surface area contributed by atoms with Crippen molar-refractivity contribution in [2.24, 2.45) is 5.73 Å². The highest BCUT2D eigenvalue weighted by atomic mass is 16.6. The van der Waals surface area contributed by atoms with Crippen LogP contribution in [0.1, 0.15) is 59.1 Å². The molecular formula is C24H36N4O8. The van der Waals surface area contributed by atoms with Gasteiger partial charge in [-0.1, -0.05) is 12.1 Å². The van der Waals surface area contributed by atoms with Gasteiger partial charge in [-0.15, -0.1) is 0 Å². The number of methoxy groups -OCH3 is 1. The smallest absolute Gasteiger partial charge is 0.408 e. The summed E-state index contributed by atoms with van der Waals surface area (Å²) in [5.74, 6) is -2.95. The molecule has 5 N–H and O–H groups in total. The topological polar surface area (TPSA) is 177 Å². The second-order valence-corrected chi connectivity index (χ2v) is 9.33. The number of aromatic hydroxyl groups is 1. The lowest BCUT2D eigenvalue weighted by molar-refractivity contribution is -0.146. The van der Waals surface area contributed by atoms with Crippen molar-refractivity contribution in [2.75, 3.05) is 13.7 Å². The van der Waals surface area contributed by atoms with Crippen LogP contribution in [0, 0.1) is 0 Å². The number of hydrogen-bond donors (Lipinski definition) is 4. The number of benzene rings is 1. The molecule has 0 aliphatic heterocycles. The van der Waals surface area contributed by atoms with E-state index in [1.807, 2.05) is 0 Å². The summed E-state index contributed by atoms with van der Waals surface area (Å²) in [6, 6.07) is 2.58. The summed E-state index contributed by atoms with van der Waals surface area (Å²) in [4.78, 5) is 63.7. The number of hydrogen-bond acceptors (Lipinski definition) is 8. The van der Waals surface area contributed by atoms with Crippen molar-refractivity contribution in [1.29, 1.82) is 0 Å². The van der Waals surface area contributed by atoms with Gasteiger partial charge < -0.3 is 35.8 Å². The number of phenols is 1. The number of carbonyl (C=O) groups is 5. The van der Waals surface area contributed by atoms with E-state index >= 15 is 0 Å². The summed E-state index contributed by atoms with van der Waals surface area (Å²) < 4.78 is 9.81. The van der Waals surface area contributed by atoms with Crippen LogP contribution in [-0.2, 0) is 28.7 Å². The van der Waals surface area contributed by atoms with E-state index in [0.717, 1.165) is 7.11 Å². The van der Waals surface area contributed by atoms with Gasteiger partial charge in [-0.3, -0.25) is 19.2 Å². The molecule has 0 aliphatic rings. The van der Waals surface area contributed by atoms with Crippen LogP contribution >= 0.6 is 0 Å². The molecule has 36 heavy (non-hydrogen) atoms. The van der Waals surface area contributed by atoms with Gasteiger partial charge in [0.15, 0.2) is 0 Å². The van der Waals surface area contributed by atoms with Crippen LogP contribution in [0.2, 0.25) is 0 Å². The molecule has 0 fully saturated rings. The SMILES string of the molecule is COC(=O)CNC(=O)C(c1cccc(O)c1)N(C(=O)C(CCC(N)=O)NC(=O)OC(C)(C)C)C(C)C. The number of primary amides is 1. The summed E-state index contributed by atoms with van der Waals surface area (Å²) in [6.45, 7) is 7.80. The first kappa shape index (κ1) is 30.2. The normalized spacial score (nSPS) is 12.8. The number of rotatable bonds is 11. The van der Waals surface area contributed by atoms with Gasteiger partial charge in [0.25, 0.3) is 0 Å². The molecule has 0 saturated carbocycles. The Balaban J connectivity index is 3.45. The Morgan fingerprint density at radius 2 is 1.78 bits per heavy atom. The van der Waals surface area contributed by atoms with E-state index < -0.39 is 60.1 Å². The minimum absolute atomic E-state index is 0.146. The first-order valence-electron chi connectivity index (χ1n) is 11.4. The number of amides is 4. The fourth-order valence-corrected chi connectivity index (χ4v) is 3.31. The Morgan fingerprint density at radius 1 is 1.14 bits per heavy atom. The summed E-state index contributed by atoms with van der Waals surface area (Å²) in [5, 5.41) is 14.9. The molecule has 1 rings (SSSR count). The summed E-state index contributed by atoms with van der Waals surface area (Å²) in [7, 11) is 1.16. The fraction of sp³-hybridized carbons (Fsp3) is 0.542. The molecule has 1 aromatic rings. The Hall–Kier alpha value is -3.83. The van der Waals surface area contributed by atoms with Gasteiger partial charge in [-0.25, -0.2) is 4.79 Å². The third kappa shape index (κ3) is 9.80. The molecule has 0 heterocycles. The van der Waals surface area contributed by atoms with E-state index in [-0.39, 0.29) is 24.2 Å². The van der Waals surface area contributed by atoms with Gasteiger partial charge in [0.2, 0.25) is 17.7 Å². The molecule has 12 heteroatoms. The maximum Gasteiger partial charge on any atom is 0.408 e. The van der Waals surface area contributed by atoms with Crippen molar-refractivity contribution < 1.29 is 38.6 Å². The van der Waals surface area contributed by atoms with Crippen LogP contribution in [0.5, 0.6) is 5.75 Å². The Bertz CT molecular complexity index is 958. The van der Waals surface area contributed by atoms with E-state index in [1.165, 1.54) is 29.2 Å². The van der Waals surface area contributed by atoms with E-state index in [1.54, 1.807) is 34.6 Å². The lowest BCUT2D eigenvalue weighted by Gasteiger charge is -2.37. The van der Waals surface area contributed by atoms with Crippen molar-refractivity contribution in [3.8, 4) is 5.75 Å². The molecular weight excluding hydrogens is 472 g/mol. The molecule has 0 radical (unpaired) electrons. The van der Waals surface area contributed by atoms with Crippen LogP contribution in [0.15, 0.2) is 24.3 Å². The molecule has 1 aromatic carbocycles. The van der Waals surface area contributed by atoms with Gasteiger partial charge in [0, 0.05) is 12.5 Å². The maximum absolute atomic E-state index is 13.8. The Morgan fingerprint density at radius 3 is 2.28 bits per heavy atom. The van der Waals surface area contributed by atoms with E-state index in [2.05, 4.69) is 15.4 Å². The molecule has 12 nitrogen and oxygen atoms in total. The number of carbonyl (C=O) groups excluding carboxylic acids is 5. The van der Waals surface area contributed by atoms with E-state index in [0.29, 0.717) is 0 Å². The number of ether oxygens (including phenoxy) is 2. The maximum atomic E-state index is 13.8. The van der Waals surface area contributed by atoms with Gasteiger partial charge in [0.05, 0.1) is 7.11 Å². The van der Waals surface area contributed by atoms with Crippen molar-refractivity contribution >= 4 is 29.8 Å². The number of nitrogens with two attached hydrogens (primary N) is 1. The summed E-state index contributed by atoms with van der Waals surface area (Å²) >= 11 is 0. The molecule has 2 unspecified atom stereocenters. The molecule has 4 amide bonds. The van der Waals surface area contributed by atoms with Gasteiger partial charge in [-0.2, -0.15) is 0 Å². The number of phenolic OH excluding ortho intramolecular Hbond substituents is 1. The molecule has 0 aliphatic carbocycles. The number of nitrogens with zero attached hydrogens (tertiary/aromatic N) is 1. The molecule has 2 atom stereocenters. The predicted molar refractivity (Wildman–Crippen MR) is 129 cm³/mol. The highest BCUT2D eigenvalue weighted by molar-refractivity contribution is 5.93. The zero-order valence-corrected chi connectivity index (χ0v) is 21.5. The van der Waals surface area contributed by atoms with Crippen LogP contribution < -0.4 is 16.4 Å². The predicted octanol–water partition coefficient (Wildman–Crippen LogP) is 1.12. The number of alkyl carbamates (subject to hydrolysis) is 1. The summed E-state index contributed by atoms with van der Waals surface area (Å²) in [6.07, 6.45) is -1.26. The highest BCUT2D eigenvalue weighted by Gasteiger charge is 2.38. The van der Waals surface area contributed by atoms with Crippen LogP contribution in [0.25, 0.3) is 0 Å². The van der Waals surface area contributed by atoms with E-state index in [4.69, 9.17) is 10.5 Å². The van der Waals surface area contributed by atoms with Gasteiger partial charge in [0.1, 0.15) is 30.0 Å². The summed E-state index contributed by atoms with van der Waals surface area (Å²) in [5.41, 5.74) is 4.67. The first-order chi connectivity index (χ1) is 16.7. The quantitative estimate of drug-likeness (QED) is 0.321. The number of esters is 1. The van der Waals surface area contributed by atoms with Crippen molar-refractivity contribution in [2.45, 2.75) is 71.2 Å². The average molecular weight is 509 g/mol. The second-order valence-electron chi connectivity index (χ2n) is 9.33. The van der Waals surface area contributed by atoms with Gasteiger partial charge >= 0.3 is 12.1 Å². The van der Waals surface area contributed by atoms with Crippen LogP contribution in [0.4, 0.5) is 4.79 Å². The average Bonchev–Trinajstić information content (AvgIpc) is 2.76. The molecule has 0 aromatic heterocycles. The number of nitrogens with one attached hydrogen (secondary N) is 2. The Kier molecular flexibility index (Phi) is 11.2. The Labute approximate surface area is 210 Å². The zero-order chi connectivity index (χ0) is 27.6. The minimum Gasteiger partial charge on any atom is -0.508 e. The molecule has 200 valence electrons. The third-order valence-corrected chi connectivity index (χ3v) is 4.83. The molecule has 0 spiro atoms. The van der Waals surface area contributed by atoms with Crippen molar-refractivity contribution in [1.82, 2.24) is 15.5 Å². The first-order valence-corrected chi connectivity index (χ1v) is 11.4. The highest BCUT2D eigenvalue weighted by Crippen LogP contribution is 2.27. The molecule has 0 bridgehead atoms. The van der Waals surface area contributed by atoms with Crippen LogP contribution in [-0.4, -0.2) is 71.1 Å². The standard InChI is InChI=1S/C24H36N4O8/c1-14(2)28(22(33)17(10-11-18(25)30)27-23(34)36-24(3,4)5)20(15-8-7-9-16(29)12-15)21(32)26-13-19(31)35-6/h7-9,12,14,17,20,29H,10-11,13H2,1-6H3,(H2,25,30)(H,26,32)(H,27,34). The van der Waals surface area contributed by atoms with Crippen LogP contribution in [0.3, 0.4) is 0 Å². The third-order valence-electron chi connectivity index (χ3n) is 4.83. The van der Waals surface area contributed by atoms with Crippen molar-refractivity contribution in [3.63, 3.8) is 0 Å². The lowest BCUT2D eigenvalue weighted by Crippen LogP contribution is -2.55. The minimum atomic E-state index is -1.30. The van der Waals surface area contributed by atoms with Gasteiger partial charge in [-0.05, 0) is 58.7 Å². The monoisotopic (exact) mass is 508 g/mol. The zero-order valence-electron chi connectivity index (χ0n) is 21.5.